The summed E-state index contributed by atoms with van der Waals surface area (Å²) in [5.41, 5.74) is 0. The quantitative estimate of drug-likeness (QED) is 0.400. The fourth-order valence-electron chi connectivity index (χ4n) is 1.29. The third kappa shape index (κ3) is 3.35. The molecule has 0 saturated carbocycles. The summed E-state index contributed by atoms with van der Waals surface area (Å²) in [7, 11) is 7.52. The van der Waals surface area contributed by atoms with Gasteiger partial charge < -0.3 is 0 Å². The summed E-state index contributed by atoms with van der Waals surface area (Å²) in [6, 6.07) is 4.51. The highest BCUT2D eigenvalue weighted by Gasteiger charge is 2.04. The largest absolute Gasteiger partial charge is 0.291 e. The molecule has 0 spiro atoms. The topological polar surface area (TPSA) is 0 Å². The monoisotopic (exact) mass is 260 g/mol. The third-order valence-corrected chi connectivity index (χ3v) is 6.35. The molecule has 0 unspecified atom stereocenters. The van der Waals surface area contributed by atoms with Gasteiger partial charge in [-0.25, -0.2) is 0 Å². The summed E-state index contributed by atoms with van der Waals surface area (Å²) in [6.45, 7) is 0. The Labute approximate surface area is 99.3 Å². The highest BCUT2D eigenvalue weighted by molar-refractivity contribution is 7.69. The maximum absolute atomic E-state index is 2.25. The van der Waals surface area contributed by atoms with Crippen LogP contribution >= 0.6 is 41.4 Å². The van der Waals surface area contributed by atoms with E-state index in [4.69, 9.17) is 0 Å². The molecule has 0 aliphatic rings. The highest BCUT2D eigenvalue weighted by atomic mass is 32.9. The summed E-state index contributed by atoms with van der Waals surface area (Å²) in [5, 5.41) is 4.36. The number of hydrogen-bond acceptors (Lipinski definition) is 2. The molecule has 2 aromatic rings. The van der Waals surface area contributed by atoms with Gasteiger partial charge in [-0.3, -0.25) is 0 Å². The molecule has 14 heavy (non-hydrogen) atoms. The van der Waals surface area contributed by atoms with Crippen molar-refractivity contribution in [2.75, 3.05) is 0 Å². The van der Waals surface area contributed by atoms with Crippen LogP contribution in [0, 0.1) is 0 Å². The summed E-state index contributed by atoms with van der Waals surface area (Å²) < 4.78 is 0. The third-order valence-electron chi connectivity index (χ3n) is 2.03. The normalized spacial score (nSPS) is 10.6. The summed E-state index contributed by atoms with van der Waals surface area (Å²) in [5.74, 6) is 0. The van der Waals surface area contributed by atoms with E-state index in [-0.39, 0.29) is 0 Å². The number of aryl methyl sites for hydroxylation is 2. The van der Waals surface area contributed by atoms with Crippen molar-refractivity contribution < 1.29 is 0 Å². The van der Waals surface area contributed by atoms with Gasteiger partial charge in [0, 0.05) is 12.1 Å². The van der Waals surface area contributed by atoms with E-state index >= 15 is 0 Å². The average Bonchev–Trinajstić information content (AvgIpc) is 2.86. The van der Waals surface area contributed by atoms with Gasteiger partial charge in [0.05, 0.1) is 9.75 Å². The van der Waals surface area contributed by atoms with E-state index in [9.17, 15) is 0 Å². The van der Waals surface area contributed by atoms with Crippen molar-refractivity contribution in [3.05, 3.63) is 32.6 Å². The van der Waals surface area contributed by atoms with Crippen LogP contribution in [0.4, 0.5) is 0 Å². The molecule has 0 fully saturated rings. The molecule has 0 bridgehead atoms. The van der Waals surface area contributed by atoms with Gasteiger partial charge in [-0.15, -0.1) is 0 Å². The lowest BCUT2D eigenvalue weighted by molar-refractivity contribution is 0.746. The molecule has 0 radical (unpaired) electrons. The first-order chi connectivity index (χ1) is 6.95. The van der Waals surface area contributed by atoms with E-state index in [1.165, 1.54) is 25.7 Å². The minimum Gasteiger partial charge on any atom is -0.0479 e. The van der Waals surface area contributed by atoms with E-state index in [0.717, 1.165) is 0 Å². The standard InChI is InChI=1S/C10H12S4/c1(3-9-5-7-11-13-9)2-4-10-6-8-12-14-10/h5-8H,1-4H2/q+2. The van der Waals surface area contributed by atoms with Crippen LogP contribution in [0.5, 0.6) is 0 Å². The maximum Gasteiger partial charge on any atom is 0.291 e. The van der Waals surface area contributed by atoms with Crippen LogP contribution in [0.1, 0.15) is 22.6 Å². The van der Waals surface area contributed by atoms with Crippen molar-refractivity contribution >= 4 is 41.4 Å². The minimum atomic E-state index is 1.27. The molecular weight excluding hydrogens is 248 g/mol. The zero-order valence-corrected chi connectivity index (χ0v) is 11.0. The van der Waals surface area contributed by atoms with Crippen molar-refractivity contribution in [1.82, 2.24) is 0 Å². The fourth-order valence-corrected chi connectivity index (χ4v) is 5.20. The lowest BCUT2D eigenvalue weighted by Gasteiger charge is -1.93. The molecule has 2 heterocycles. The summed E-state index contributed by atoms with van der Waals surface area (Å²) in [4.78, 5) is 3.09. The maximum atomic E-state index is 2.25. The molecule has 74 valence electrons. The molecular formula is C10H12S4+2. The number of hydrogen-bond donors (Lipinski definition) is 0. The number of rotatable bonds is 5. The lowest BCUT2D eigenvalue weighted by Crippen LogP contribution is -1.84. The first-order valence-corrected chi connectivity index (χ1v) is 9.09. The molecule has 0 atom stereocenters. The van der Waals surface area contributed by atoms with Crippen molar-refractivity contribution in [2.24, 2.45) is 0 Å². The van der Waals surface area contributed by atoms with Crippen molar-refractivity contribution in [2.45, 2.75) is 25.7 Å². The van der Waals surface area contributed by atoms with Gasteiger partial charge in [-0.05, 0) is 25.7 Å². The van der Waals surface area contributed by atoms with Gasteiger partial charge in [0.1, 0.15) is 0 Å². The zero-order valence-electron chi connectivity index (χ0n) is 7.77. The Kier molecular flexibility index (Phi) is 4.44. The Morgan fingerprint density at radius 2 is 1.36 bits per heavy atom. The van der Waals surface area contributed by atoms with Gasteiger partial charge in [0.15, 0.2) is 20.7 Å². The van der Waals surface area contributed by atoms with Crippen molar-refractivity contribution in [3.63, 3.8) is 0 Å². The Morgan fingerprint density at radius 3 is 1.71 bits per heavy atom. The smallest absolute Gasteiger partial charge is 0.0479 e. The highest BCUT2D eigenvalue weighted by Crippen LogP contribution is 2.20. The van der Waals surface area contributed by atoms with Crippen molar-refractivity contribution in [1.29, 1.82) is 0 Å². The Bertz CT molecular complexity index is 300. The Morgan fingerprint density at radius 1 is 0.857 bits per heavy atom. The average molecular weight is 260 g/mol. The molecule has 4 heteroatoms. The lowest BCUT2D eigenvalue weighted by atomic mass is 10.1. The Hall–Kier alpha value is 0.1000. The van der Waals surface area contributed by atoms with E-state index in [0.29, 0.717) is 0 Å². The molecule has 2 aromatic heterocycles. The van der Waals surface area contributed by atoms with E-state index in [2.05, 4.69) is 22.9 Å². The first-order valence-electron chi connectivity index (χ1n) is 4.66. The van der Waals surface area contributed by atoms with Gasteiger partial charge in [-0.2, -0.15) is 0 Å². The summed E-state index contributed by atoms with van der Waals surface area (Å²) in [6.07, 6.45) is 5.19. The number of unbranched alkanes of at least 4 members (excludes halogenated alkanes) is 1. The second kappa shape index (κ2) is 5.85. The predicted molar refractivity (Wildman–Crippen MR) is 69.8 cm³/mol. The van der Waals surface area contributed by atoms with Gasteiger partial charge >= 0.3 is 0 Å². The van der Waals surface area contributed by atoms with E-state index in [1.807, 2.05) is 41.4 Å². The Balaban J connectivity index is 1.65. The van der Waals surface area contributed by atoms with Crippen LogP contribution in [0.2, 0.25) is 0 Å². The van der Waals surface area contributed by atoms with Crippen LogP contribution in [0.3, 0.4) is 0 Å². The molecule has 0 aliphatic carbocycles. The zero-order chi connectivity index (χ0) is 9.64. The van der Waals surface area contributed by atoms with Gasteiger partial charge in [-0.1, -0.05) is 0 Å². The van der Waals surface area contributed by atoms with Crippen LogP contribution in [0.25, 0.3) is 0 Å². The predicted octanol–water partition coefficient (Wildman–Crippen LogP) is 5.06. The second-order valence-corrected chi connectivity index (χ2v) is 7.57. The summed E-state index contributed by atoms with van der Waals surface area (Å²) >= 11 is 0. The van der Waals surface area contributed by atoms with E-state index < -0.39 is 0 Å². The van der Waals surface area contributed by atoms with Crippen molar-refractivity contribution in [3.8, 4) is 0 Å². The van der Waals surface area contributed by atoms with Gasteiger partial charge in [0.2, 0.25) is 10.8 Å². The van der Waals surface area contributed by atoms with Crippen LogP contribution in [-0.2, 0) is 12.8 Å². The van der Waals surface area contributed by atoms with E-state index in [1.54, 1.807) is 9.75 Å². The van der Waals surface area contributed by atoms with Crippen LogP contribution < -0.4 is 0 Å². The van der Waals surface area contributed by atoms with Gasteiger partial charge in [0.25, 0.3) is 20.7 Å². The first kappa shape index (κ1) is 10.6. The van der Waals surface area contributed by atoms with Crippen LogP contribution in [-0.4, -0.2) is 0 Å². The fraction of sp³-hybridized carbons (Fsp3) is 0.400. The molecule has 0 aromatic carbocycles. The SMILES string of the molecule is c1cc(CCCCc2cc[s+]s2)s[s+]1. The molecule has 0 nitrogen and oxygen atoms in total. The molecule has 2 rings (SSSR count). The molecule has 0 amide bonds. The molecule has 0 saturated heterocycles. The second-order valence-electron chi connectivity index (χ2n) is 3.10. The minimum absolute atomic E-state index is 1.27. The van der Waals surface area contributed by atoms with Crippen LogP contribution in [0.15, 0.2) is 22.9 Å². The molecule has 0 N–H and O–H groups in total. The molecule has 0 aliphatic heterocycles.